The van der Waals surface area contributed by atoms with E-state index in [1.807, 2.05) is 4.72 Å². The van der Waals surface area contributed by atoms with Crippen LogP contribution in [0.2, 0.25) is 0 Å². The highest BCUT2D eigenvalue weighted by atomic mass is 32.2. The third-order valence-electron chi connectivity index (χ3n) is 2.78. The maximum Gasteiger partial charge on any atom is 0.357 e. The SMILES string of the molecule is CC1(C)c2cc(NS(=O)(=O)O)ccc2OC1O. The summed E-state index contributed by atoms with van der Waals surface area (Å²) in [7, 11) is -4.30. The monoisotopic (exact) mass is 259 g/mol. The molecular formula is C10H13NO5S. The lowest BCUT2D eigenvalue weighted by atomic mass is 9.85. The molecule has 0 spiro atoms. The molecule has 94 valence electrons. The van der Waals surface area contributed by atoms with Crippen molar-refractivity contribution in [2.45, 2.75) is 25.6 Å². The van der Waals surface area contributed by atoms with Crippen LogP contribution in [0.3, 0.4) is 0 Å². The number of aliphatic hydroxyl groups is 1. The number of aliphatic hydroxyl groups excluding tert-OH is 1. The van der Waals surface area contributed by atoms with Crippen molar-refractivity contribution < 1.29 is 22.8 Å². The number of rotatable bonds is 2. The maximum atomic E-state index is 10.7. The summed E-state index contributed by atoms with van der Waals surface area (Å²) in [6.07, 6.45) is -0.974. The molecule has 0 fully saturated rings. The summed E-state index contributed by atoms with van der Waals surface area (Å²) < 4.78 is 37.2. The Morgan fingerprint density at radius 3 is 2.65 bits per heavy atom. The van der Waals surface area contributed by atoms with Crippen LogP contribution >= 0.6 is 0 Å². The normalized spacial score (nSPS) is 21.8. The van der Waals surface area contributed by atoms with E-state index in [0.717, 1.165) is 0 Å². The first-order valence-corrected chi connectivity index (χ1v) is 6.38. The predicted molar refractivity (Wildman–Crippen MR) is 61.3 cm³/mol. The van der Waals surface area contributed by atoms with E-state index >= 15 is 0 Å². The fourth-order valence-corrected chi connectivity index (χ4v) is 2.17. The fraction of sp³-hybridized carbons (Fsp3) is 0.400. The summed E-state index contributed by atoms with van der Waals surface area (Å²) in [6, 6.07) is 4.51. The zero-order valence-electron chi connectivity index (χ0n) is 9.34. The van der Waals surface area contributed by atoms with Crippen LogP contribution in [0.4, 0.5) is 5.69 Å². The molecule has 0 amide bonds. The van der Waals surface area contributed by atoms with E-state index in [-0.39, 0.29) is 5.69 Å². The van der Waals surface area contributed by atoms with Gasteiger partial charge in [-0.25, -0.2) is 0 Å². The average molecular weight is 259 g/mol. The Bertz CT molecular complexity index is 552. The van der Waals surface area contributed by atoms with Gasteiger partial charge in [-0.2, -0.15) is 8.42 Å². The molecule has 0 aliphatic carbocycles. The molecule has 1 aliphatic rings. The maximum absolute atomic E-state index is 10.7. The third-order valence-corrected chi connectivity index (χ3v) is 3.27. The van der Waals surface area contributed by atoms with Crippen LogP contribution in [0.25, 0.3) is 0 Å². The number of hydrogen-bond acceptors (Lipinski definition) is 4. The number of nitrogens with one attached hydrogen (secondary N) is 1. The van der Waals surface area contributed by atoms with E-state index in [1.165, 1.54) is 12.1 Å². The van der Waals surface area contributed by atoms with Gasteiger partial charge in [0, 0.05) is 5.56 Å². The van der Waals surface area contributed by atoms with Gasteiger partial charge in [0.1, 0.15) is 5.75 Å². The van der Waals surface area contributed by atoms with Crippen molar-refractivity contribution in [3.05, 3.63) is 23.8 Å². The van der Waals surface area contributed by atoms with Gasteiger partial charge in [-0.1, -0.05) is 0 Å². The quantitative estimate of drug-likeness (QED) is 0.685. The first-order valence-electron chi connectivity index (χ1n) is 4.94. The van der Waals surface area contributed by atoms with Crippen molar-refractivity contribution in [3.8, 4) is 5.75 Å². The van der Waals surface area contributed by atoms with Crippen LogP contribution in [0.1, 0.15) is 19.4 Å². The Morgan fingerprint density at radius 2 is 2.06 bits per heavy atom. The molecule has 3 N–H and O–H groups in total. The van der Waals surface area contributed by atoms with Crippen LogP contribution in [-0.4, -0.2) is 24.4 Å². The second-order valence-electron chi connectivity index (χ2n) is 4.48. The Labute approximate surface area is 99.1 Å². The highest BCUT2D eigenvalue weighted by molar-refractivity contribution is 7.87. The highest BCUT2D eigenvalue weighted by Gasteiger charge is 2.40. The number of hydrogen-bond donors (Lipinski definition) is 3. The summed E-state index contributed by atoms with van der Waals surface area (Å²) in [4.78, 5) is 0. The van der Waals surface area contributed by atoms with Crippen molar-refractivity contribution in [2.75, 3.05) is 4.72 Å². The second-order valence-corrected chi connectivity index (χ2v) is 5.63. The summed E-state index contributed by atoms with van der Waals surface area (Å²) in [5.74, 6) is 0.503. The molecule has 1 aromatic rings. The standard InChI is InChI=1S/C10H13NO5S/c1-10(2)7-5-6(11-17(13,14)15)3-4-8(7)16-9(10)12/h3-5,9,11-12H,1-2H3,(H,13,14,15). The van der Waals surface area contributed by atoms with Gasteiger partial charge in [-0.3, -0.25) is 9.27 Å². The van der Waals surface area contributed by atoms with Gasteiger partial charge in [0.15, 0.2) is 0 Å². The number of ether oxygens (including phenoxy) is 1. The van der Waals surface area contributed by atoms with Crippen molar-refractivity contribution >= 4 is 16.0 Å². The minimum atomic E-state index is -4.30. The molecule has 1 atom stereocenters. The van der Waals surface area contributed by atoms with Crippen molar-refractivity contribution in [1.82, 2.24) is 0 Å². The summed E-state index contributed by atoms with van der Waals surface area (Å²) in [5, 5.41) is 9.69. The molecule has 1 aliphatic heterocycles. The van der Waals surface area contributed by atoms with E-state index in [1.54, 1.807) is 19.9 Å². The smallest absolute Gasteiger partial charge is 0.357 e. The van der Waals surface area contributed by atoms with Crippen LogP contribution in [-0.2, 0) is 15.7 Å². The minimum absolute atomic E-state index is 0.219. The van der Waals surface area contributed by atoms with E-state index in [2.05, 4.69) is 0 Å². The van der Waals surface area contributed by atoms with E-state index in [9.17, 15) is 13.5 Å². The minimum Gasteiger partial charge on any atom is -0.464 e. The highest BCUT2D eigenvalue weighted by Crippen LogP contribution is 2.42. The molecule has 0 radical (unpaired) electrons. The van der Waals surface area contributed by atoms with Crippen molar-refractivity contribution in [2.24, 2.45) is 0 Å². The topological polar surface area (TPSA) is 95.9 Å². The lowest BCUT2D eigenvalue weighted by Crippen LogP contribution is -2.31. The van der Waals surface area contributed by atoms with Gasteiger partial charge in [0.25, 0.3) is 0 Å². The number of benzene rings is 1. The molecule has 7 heteroatoms. The Morgan fingerprint density at radius 1 is 1.41 bits per heavy atom. The van der Waals surface area contributed by atoms with Gasteiger partial charge < -0.3 is 9.84 Å². The number of fused-ring (bicyclic) bond motifs is 1. The Kier molecular flexibility index (Phi) is 2.57. The largest absolute Gasteiger partial charge is 0.464 e. The number of anilines is 1. The first-order chi connectivity index (χ1) is 7.70. The Hall–Kier alpha value is -1.31. The molecule has 0 saturated carbocycles. The molecule has 0 aromatic heterocycles. The van der Waals surface area contributed by atoms with Crippen LogP contribution in [0, 0.1) is 0 Å². The fourth-order valence-electron chi connectivity index (χ4n) is 1.75. The molecule has 1 unspecified atom stereocenters. The van der Waals surface area contributed by atoms with Gasteiger partial charge in [-0.15, -0.1) is 0 Å². The summed E-state index contributed by atoms with van der Waals surface area (Å²) >= 11 is 0. The zero-order chi connectivity index (χ0) is 12.8. The molecule has 0 saturated heterocycles. The lowest BCUT2D eigenvalue weighted by Gasteiger charge is -2.20. The van der Waals surface area contributed by atoms with Crippen LogP contribution in [0.5, 0.6) is 5.75 Å². The third kappa shape index (κ3) is 2.21. The van der Waals surface area contributed by atoms with Crippen molar-refractivity contribution in [1.29, 1.82) is 0 Å². The second kappa shape index (κ2) is 3.59. The molecule has 1 heterocycles. The van der Waals surface area contributed by atoms with E-state index in [0.29, 0.717) is 11.3 Å². The Balaban J connectivity index is 2.42. The van der Waals surface area contributed by atoms with Crippen molar-refractivity contribution in [3.63, 3.8) is 0 Å². The van der Waals surface area contributed by atoms with Crippen LogP contribution in [0.15, 0.2) is 18.2 Å². The van der Waals surface area contributed by atoms with Gasteiger partial charge in [-0.05, 0) is 32.0 Å². The average Bonchev–Trinajstić information content (AvgIpc) is 2.37. The molecule has 6 nitrogen and oxygen atoms in total. The lowest BCUT2D eigenvalue weighted by molar-refractivity contribution is -0.0450. The van der Waals surface area contributed by atoms with Gasteiger partial charge >= 0.3 is 10.3 Å². The van der Waals surface area contributed by atoms with E-state index in [4.69, 9.17) is 9.29 Å². The molecule has 0 bridgehead atoms. The molecular weight excluding hydrogens is 246 g/mol. The molecule has 2 rings (SSSR count). The summed E-state index contributed by atoms with van der Waals surface area (Å²) in [6.45, 7) is 3.56. The zero-order valence-corrected chi connectivity index (χ0v) is 10.2. The predicted octanol–water partition coefficient (Wildman–Crippen LogP) is 0.890. The van der Waals surface area contributed by atoms with Crippen LogP contribution < -0.4 is 9.46 Å². The molecule has 1 aromatic carbocycles. The van der Waals surface area contributed by atoms with Gasteiger partial charge in [0.05, 0.1) is 11.1 Å². The van der Waals surface area contributed by atoms with Gasteiger partial charge in [0.2, 0.25) is 6.29 Å². The summed E-state index contributed by atoms with van der Waals surface area (Å²) in [5.41, 5.74) is 0.266. The first kappa shape index (κ1) is 12.2. The molecule has 17 heavy (non-hydrogen) atoms. The van der Waals surface area contributed by atoms with E-state index < -0.39 is 22.0 Å².